The van der Waals surface area contributed by atoms with Gasteiger partial charge in [0.2, 0.25) is 0 Å². The highest BCUT2D eigenvalue weighted by Crippen LogP contribution is 2.20. The third-order valence-corrected chi connectivity index (χ3v) is 3.88. The number of hydrogen-bond donors (Lipinski definition) is 0. The molecule has 0 heterocycles. The Balaban J connectivity index is 1.91. The highest BCUT2D eigenvalue weighted by Gasteiger charge is 2.10. The van der Waals surface area contributed by atoms with Crippen LogP contribution >= 0.6 is 0 Å². The Morgan fingerprint density at radius 3 is 2.56 bits per heavy atom. The molecule has 2 aromatic rings. The molecule has 3 nitrogen and oxygen atoms in total. The van der Waals surface area contributed by atoms with Gasteiger partial charge in [0, 0.05) is 5.56 Å². The number of hydrogen-bond acceptors (Lipinski definition) is 3. The summed E-state index contributed by atoms with van der Waals surface area (Å²) in [4.78, 5) is 12.2. The zero-order chi connectivity index (χ0) is 18.1. The summed E-state index contributed by atoms with van der Waals surface area (Å²) in [6, 6.07) is 15.9. The van der Waals surface area contributed by atoms with Crippen molar-refractivity contribution in [3.05, 3.63) is 65.2 Å². The molecular weight excluding hydrogens is 312 g/mol. The second-order valence-electron chi connectivity index (χ2n) is 6.54. The second kappa shape index (κ2) is 9.87. The first-order valence-corrected chi connectivity index (χ1v) is 9.06. The first-order valence-electron chi connectivity index (χ1n) is 9.06. The van der Waals surface area contributed by atoms with Crippen molar-refractivity contribution in [1.29, 1.82) is 0 Å². The van der Waals surface area contributed by atoms with Crippen LogP contribution in [-0.2, 0) is 29.0 Å². The van der Waals surface area contributed by atoms with Crippen molar-refractivity contribution in [1.82, 2.24) is 0 Å². The maximum absolute atomic E-state index is 12.2. The monoisotopic (exact) mass is 340 g/mol. The first kappa shape index (κ1) is 19.0. The van der Waals surface area contributed by atoms with Gasteiger partial charge in [0.05, 0.1) is 12.5 Å². The lowest BCUT2D eigenvalue weighted by molar-refractivity contribution is -0.144. The summed E-state index contributed by atoms with van der Waals surface area (Å²) >= 11 is 0. The van der Waals surface area contributed by atoms with E-state index in [1.807, 2.05) is 50.2 Å². The average Bonchev–Trinajstić information content (AvgIpc) is 2.59. The predicted molar refractivity (Wildman–Crippen MR) is 101 cm³/mol. The summed E-state index contributed by atoms with van der Waals surface area (Å²) in [6.45, 7) is 6.38. The predicted octanol–water partition coefficient (Wildman–Crippen LogP) is 5.10. The summed E-state index contributed by atoms with van der Waals surface area (Å²) in [6.07, 6.45) is 3.78. The number of esters is 1. The minimum Gasteiger partial charge on any atom is -0.491 e. The molecule has 0 amide bonds. The van der Waals surface area contributed by atoms with Gasteiger partial charge in [-0.25, -0.2) is 0 Å². The Hall–Kier alpha value is -2.29. The lowest BCUT2D eigenvalue weighted by atomic mass is 10.0. The molecule has 0 fully saturated rings. The Morgan fingerprint density at radius 2 is 1.80 bits per heavy atom. The van der Waals surface area contributed by atoms with Crippen molar-refractivity contribution in [2.75, 3.05) is 0 Å². The van der Waals surface area contributed by atoms with Crippen molar-refractivity contribution < 1.29 is 14.3 Å². The van der Waals surface area contributed by atoms with E-state index in [0.717, 1.165) is 23.3 Å². The summed E-state index contributed by atoms with van der Waals surface area (Å²) in [7, 11) is 0. The Morgan fingerprint density at radius 1 is 1.04 bits per heavy atom. The minimum atomic E-state index is -0.216. The molecule has 0 radical (unpaired) electrons. The fourth-order valence-corrected chi connectivity index (χ4v) is 2.64. The van der Waals surface area contributed by atoms with E-state index in [1.165, 1.54) is 18.4 Å². The number of carbonyl (C=O) groups excluding carboxylic acids is 1. The number of benzene rings is 2. The molecule has 0 aromatic heterocycles. The van der Waals surface area contributed by atoms with E-state index in [-0.39, 0.29) is 18.7 Å². The topological polar surface area (TPSA) is 35.5 Å². The Bertz CT molecular complexity index is 676. The van der Waals surface area contributed by atoms with Crippen LogP contribution in [0.5, 0.6) is 5.75 Å². The standard InChI is InChI=1S/C22H28O3/c1-4-5-9-18-10-8-11-19(14-18)15-22(23)24-16-20-12-6-7-13-21(20)25-17(2)3/h6-8,10-14,17H,4-5,9,15-16H2,1-3H3. The number of carbonyl (C=O) groups is 1. The fourth-order valence-electron chi connectivity index (χ4n) is 2.64. The highest BCUT2D eigenvalue weighted by atomic mass is 16.5. The van der Waals surface area contributed by atoms with Crippen LogP contribution in [-0.4, -0.2) is 12.1 Å². The van der Waals surface area contributed by atoms with Crippen molar-refractivity contribution in [3.8, 4) is 5.75 Å². The van der Waals surface area contributed by atoms with Crippen LogP contribution in [0, 0.1) is 0 Å². The van der Waals surface area contributed by atoms with Crippen molar-refractivity contribution in [2.45, 2.75) is 59.2 Å². The van der Waals surface area contributed by atoms with Gasteiger partial charge in [0.25, 0.3) is 0 Å². The molecule has 0 saturated heterocycles. The van der Waals surface area contributed by atoms with Gasteiger partial charge in [-0.2, -0.15) is 0 Å². The Kier molecular flexibility index (Phi) is 7.52. The summed E-state index contributed by atoms with van der Waals surface area (Å²) in [5.74, 6) is 0.554. The van der Waals surface area contributed by atoms with Crippen LogP contribution in [0.3, 0.4) is 0 Å². The van der Waals surface area contributed by atoms with Crippen LogP contribution in [0.25, 0.3) is 0 Å². The fraction of sp³-hybridized carbons (Fsp3) is 0.409. The molecule has 0 spiro atoms. The van der Waals surface area contributed by atoms with Gasteiger partial charge in [0.15, 0.2) is 0 Å². The van der Waals surface area contributed by atoms with Gasteiger partial charge >= 0.3 is 5.97 Å². The van der Waals surface area contributed by atoms with Crippen LogP contribution in [0.2, 0.25) is 0 Å². The summed E-state index contributed by atoms with van der Waals surface area (Å²) in [5, 5.41) is 0. The molecule has 0 aliphatic heterocycles. The SMILES string of the molecule is CCCCc1cccc(CC(=O)OCc2ccccc2OC(C)C)c1. The van der Waals surface area contributed by atoms with E-state index >= 15 is 0 Å². The van der Waals surface area contributed by atoms with Crippen molar-refractivity contribution in [3.63, 3.8) is 0 Å². The average molecular weight is 340 g/mol. The summed E-state index contributed by atoms with van der Waals surface area (Å²) in [5.41, 5.74) is 3.18. The molecule has 0 atom stereocenters. The lowest BCUT2D eigenvalue weighted by Gasteiger charge is -2.14. The zero-order valence-electron chi connectivity index (χ0n) is 15.5. The molecule has 0 aliphatic rings. The molecule has 134 valence electrons. The van der Waals surface area contributed by atoms with E-state index in [4.69, 9.17) is 9.47 Å². The number of ether oxygens (including phenoxy) is 2. The van der Waals surface area contributed by atoms with E-state index in [9.17, 15) is 4.79 Å². The molecule has 0 N–H and O–H groups in total. The smallest absolute Gasteiger partial charge is 0.310 e. The number of rotatable bonds is 9. The number of aryl methyl sites for hydroxylation is 1. The third-order valence-electron chi connectivity index (χ3n) is 3.88. The number of para-hydroxylation sites is 1. The normalized spacial score (nSPS) is 10.7. The van der Waals surface area contributed by atoms with E-state index in [2.05, 4.69) is 19.1 Å². The van der Waals surface area contributed by atoms with E-state index < -0.39 is 0 Å². The van der Waals surface area contributed by atoms with Gasteiger partial charge in [0.1, 0.15) is 12.4 Å². The molecule has 2 rings (SSSR count). The van der Waals surface area contributed by atoms with Crippen LogP contribution in [0.1, 0.15) is 50.3 Å². The maximum atomic E-state index is 12.2. The van der Waals surface area contributed by atoms with Crippen LogP contribution in [0.15, 0.2) is 48.5 Å². The Labute approximate surface area is 151 Å². The van der Waals surface area contributed by atoms with Crippen LogP contribution < -0.4 is 4.74 Å². The van der Waals surface area contributed by atoms with E-state index in [0.29, 0.717) is 6.42 Å². The molecule has 0 aliphatic carbocycles. The van der Waals surface area contributed by atoms with Gasteiger partial charge in [-0.15, -0.1) is 0 Å². The first-order chi connectivity index (χ1) is 12.1. The molecule has 3 heteroatoms. The van der Waals surface area contributed by atoms with Crippen molar-refractivity contribution >= 4 is 5.97 Å². The minimum absolute atomic E-state index is 0.0858. The van der Waals surface area contributed by atoms with Gasteiger partial charge in [-0.3, -0.25) is 4.79 Å². The molecule has 0 unspecified atom stereocenters. The van der Waals surface area contributed by atoms with Crippen LogP contribution in [0.4, 0.5) is 0 Å². The van der Waals surface area contributed by atoms with Crippen molar-refractivity contribution in [2.24, 2.45) is 0 Å². The quantitative estimate of drug-likeness (QED) is 0.596. The second-order valence-corrected chi connectivity index (χ2v) is 6.54. The highest BCUT2D eigenvalue weighted by molar-refractivity contribution is 5.72. The lowest BCUT2D eigenvalue weighted by Crippen LogP contribution is -2.11. The number of unbranched alkanes of at least 4 members (excludes halogenated alkanes) is 1. The zero-order valence-corrected chi connectivity index (χ0v) is 15.5. The van der Waals surface area contributed by atoms with Gasteiger partial charge < -0.3 is 9.47 Å². The van der Waals surface area contributed by atoms with Gasteiger partial charge in [-0.1, -0.05) is 55.8 Å². The maximum Gasteiger partial charge on any atom is 0.310 e. The third kappa shape index (κ3) is 6.61. The molecule has 2 aromatic carbocycles. The van der Waals surface area contributed by atoms with Gasteiger partial charge in [-0.05, 0) is 43.9 Å². The van der Waals surface area contributed by atoms with E-state index in [1.54, 1.807) is 0 Å². The molecule has 25 heavy (non-hydrogen) atoms. The molecule has 0 bridgehead atoms. The molecule has 0 saturated carbocycles. The summed E-state index contributed by atoms with van der Waals surface area (Å²) < 4.78 is 11.2. The molecular formula is C22H28O3. The largest absolute Gasteiger partial charge is 0.491 e.